The Hall–Kier alpha value is -2.16. The van der Waals surface area contributed by atoms with Crippen molar-refractivity contribution < 1.29 is 32.9 Å². The molecule has 1 aliphatic rings. The Morgan fingerprint density at radius 2 is 1.93 bits per heavy atom. The maximum atomic E-state index is 13.1. The number of phenolic OH excluding ortho intramolecular Hbond substituents is 1. The summed E-state index contributed by atoms with van der Waals surface area (Å²) in [4.78, 5) is 13.9. The van der Waals surface area contributed by atoms with Gasteiger partial charge in [-0.05, 0) is 57.7 Å². The highest BCUT2D eigenvalue weighted by atomic mass is 19.4. The first-order chi connectivity index (χ1) is 12.3. The average Bonchev–Trinajstić information content (AvgIpc) is 2.91. The molecule has 27 heavy (non-hydrogen) atoms. The smallest absolute Gasteiger partial charge is 0.420 e. The lowest BCUT2D eigenvalue weighted by atomic mass is 10.1. The molecular weight excluding hydrogens is 365 g/mol. The number of hydrogen-bond donors (Lipinski definition) is 3. The van der Waals surface area contributed by atoms with Crippen LogP contribution >= 0.6 is 0 Å². The average molecular weight is 390 g/mol. The van der Waals surface area contributed by atoms with Gasteiger partial charge >= 0.3 is 12.3 Å². The molecule has 1 fully saturated rings. The van der Waals surface area contributed by atoms with Gasteiger partial charge in [0.1, 0.15) is 5.60 Å². The Bertz CT molecular complexity index is 701. The van der Waals surface area contributed by atoms with Crippen LogP contribution in [-0.2, 0) is 17.5 Å². The molecular formula is C18H25F3N2O4. The Labute approximate surface area is 155 Å². The van der Waals surface area contributed by atoms with Crippen LogP contribution in [0.3, 0.4) is 0 Å². The summed E-state index contributed by atoms with van der Waals surface area (Å²) in [5.41, 5.74) is 3.10. The lowest BCUT2D eigenvalue weighted by Crippen LogP contribution is -2.46. The molecule has 4 N–H and O–H groups in total. The number of nitrogens with two attached hydrogens (primary N) is 1. The minimum Gasteiger partial charge on any atom is -0.505 e. The second-order valence-corrected chi connectivity index (χ2v) is 7.75. The number of rotatable bonds is 3. The first-order valence-corrected chi connectivity index (χ1v) is 8.66. The van der Waals surface area contributed by atoms with Crippen molar-refractivity contribution in [2.75, 3.05) is 5.73 Å². The lowest BCUT2D eigenvalue weighted by Gasteiger charge is -2.33. The van der Waals surface area contributed by atoms with Gasteiger partial charge in [0.25, 0.3) is 0 Å². The van der Waals surface area contributed by atoms with E-state index in [1.807, 2.05) is 0 Å². The number of alkyl halides is 3. The Balaban J connectivity index is 2.38. The van der Waals surface area contributed by atoms with E-state index in [1.165, 1.54) is 11.0 Å². The third-order valence-corrected chi connectivity index (χ3v) is 4.33. The maximum Gasteiger partial charge on any atom is 0.420 e. The normalized spacial score (nSPS) is 20.6. The van der Waals surface area contributed by atoms with Gasteiger partial charge in [0.15, 0.2) is 5.75 Å². The number of phenols is 1. The van der Waals surface area contributed by atoms with Crippen molar-refractivity contribution in [1.29, 1.82) is 0 Å². The SMILES string of the molecule is CC(C)(C)OC(=O)N(Cc1cc(N)c(O)c(C(F)(F)F)c1)[C@@H]1CCC[C@H]1O. The highest BCUT2D eigenvalue weighted by molar-refractivity contribution is 5.69. The number of aromatic hydroxyl groups is 1. The summed E-state index contributed by atoms with van der Waals surface area (Å²) in [5.74, 6) is -1.05. The lowest BCUT2D eigenvalue weighted by molar-refractivity contribution is -0.138. The minimum atomic E-state index is -4.79. The zero-order chi connectivity index (χ0) is 20.6. The number of nitrogens with zero attached hydrogens (tertiary/aromatic N) is 1. The molecule has 0 aromatic heterocycles. The van der Waals surface area contributed by atoms with Crippen molar-refractivity contribution >= 4 is 11.8 Å². The number of aliphatic hydroxyl groups excluding tert-OH is 1. The van der Waals surface area contributed by atoms with Crippen LogP contribution in [-0.4, -0.2) is 39.0 Å². The molecule has 0 bridgehead atoms. The summed E-state index contributed by atoms with van der Waals surface area (Å²) in [6, 6.07) is 1.37. The summed E-state index contributed by atoms with van der Waals surface area (Å²) in [7, 11) is 0. The molecule has 152 valence electrons. The zero-order valence-electron chi connectivity index (χ0n) is 15.5. The summed E-state index contributed by atoms with van der Waals surface area (Å²) >= 11 is 0. The Kier molecular flexibility index (Phi) is 5.84. The van der Waals surface area contributed by atoms with E-state index in [4.69, 9.17) is 10.5 Å². The van der Waals surface area contributed by atoms with Crippen LogP contribution in [0.1, 0.15) is 51.2 Å². The number of aliphatic hydroxyl groups is 1. The molecule has 1 aromatic rings. The Morgan fingerprint density at radius 1 is 1.30 bits per heavy atom. The molecule has 6 nitrogen and oxygen atoms in total. The molecule has 1 amide bonds. The molecule has 0 unspecified atom stereocenters. The molecule has 1 saturated carbocycles. The minimum absolute atomic E-state index is 0.0857. The molecule has 0 heterocycles. The highest BCUT2D eigenvalue weighted by Gasteiger charge is 2.38. The molecule has 1 aromatic carbocycles. The van der Waals surface area contributed by atoms with Gasteiger partial charge in [0, 0.05) is 6.54 Å². The van der Waals surface area contributed by atoms with Crippen molar-refractivity contribution in [3.63, 3.8) is 0 Å². The van der Waals surface area contributed by atoms with Crippen LogP contribution in [0.4, 0.5) is 23.7 Å². The van der Waals surface area contributed by atoms with E-state index in [2.05, 4.69) is 0 Å². The molecule has 2 atom stereocenters. The number of amides is 1. The Morgan fingerprint density at radius 3 is 2.41 bits per heavy atom. The summed E-state index contributed by atoms with van der Waals surface area (Å²) in [6.45, 7) is 4.79. The van der Waals surface area contributed by atoms with E-state index in [0.29, 0.717) is 19.3 Å². The van der Waals surface area contributed by atoms with E-state index in [0.717, 1.165) is 6.07 Å². The van der Waals surface area contributed by atoms with Crippen LogP contribution in [0, 0.1) is 0 Å². The van der Waals surface area contributed by atoms with Crippen molar-refractivity contribution in [3.05, 3.63) is 23.3 Å². The van der Waals surface area contributed by atoms with Gasteiger partial charge in [-0.2, -0.15) is 13.2 Å². The summed E-state index contributed by atoms with van der Waals surface area (Å²) < 4.78 is 44.7. The largest absolute Gasteiger partial charge is 0.505 e. The maximum absolute atomic E-state index is 13.1. The zero-order valence-corrected chi connectivity index (χ0v) is 15.5. The van der Waals surface area contributed by atoms with Crippen molar-refractivity contribution in [3.8, 4) is 5.75 Å². The first kappa shape index (κ1) is 21.1. The van der Waals surface area contributed by atoms with Gasteiger partial charge in [-0.25, -0.2) is 4.79 Å². The fourth-order valence-corrected chi connectivity index (χ4v) is 3.15. The second kappa shape index (κ2) is 7.46. The summed E-state index contributed by atoms with van der Waals surface area (Å²) in [5, 5.41) is 19.8. The van der Waals surface area contributed by atoms with Crippen LogP contribution < -0.4 is 5.73 Å². The molecule has 0 aliphatic heterocycles. The predicted octanol–water partition coefficient (Wildman–Crippen LogP) is 3.64. The molecule has 0 saturated heterocycles. The summed E-state index contributed by atoms with van der Waals surface area (Å²) in [6.07, 6.45) is -4.60. The number of nitrogen functional groups attached to an aromatic ring is 1. The molecule has 1 aliphatic carbocycles. The van der Waals surface area contributed by atoms with Crippen molar-refractivity contribution in [2.24, 2.45) is 0 Å². The van der Waals surface area contributed by atoms with E-state index < -0.39 is 47.0 Å². The van der Waals surface area contributed by atoms with Gasteiger partial charge < -0.3 is 20.7 Å². The third-order valence-electron chi connectivity index (χ3n) is 4.33. The van der Waals surface area contributed by atoms with Crippen LogP contribution in [0.2, 0.25) is 0 Å². The number of hydrogen-bond acceptors (Lipinski definition) is 5. The van der Waals surface area contributed by atoms with E-state index in [-0.39, 0.29) is 12.1 Å². The van der Waals surface area contributed by atoms with E-state index in [1.54, 1.807) is 20.8 Å². The predicted molar refractivity (Wildman–Crippen MR) is 92.9 cm³/mol. The number of halogens is 3. The molecule has 0 spiro atoms. The van der Waals surface area contributed by atoms with E-state index in [9.17, 15) is 28.2 Å². The first-order valence-electron chi connectivity index (χ1n) is 8.66. The third kappa shape index (κ3) is 5.18. The quantitative estimate of drug-likeness (QED) is 0.541. The molecule has 2 rings (SSSR count). The van der Waals surface area contributed by atoms with Crippen LogP contribution in [0.5, 0.6) is 5.75 Å². The van der Waals surface area contributed by atoms with Crippen LogP contribution in [0.25, 0.3) is 0 Å². The van der Waals surface area contributed by atoms with Gasteiger partial charge in [-0.3, -0.25) is 4.90 Å². The fourth-order valence-electron chi connectivity index (χ4n) is 3.15. The van der Waals surface area contributed by atoms with Gasteiger partial charge in [0.05, 0.1) is 23.4 Å². The van der Waals surface area contributed by atoms with Crippen molar-refractivity contribution in [1.82, 2.24) is 4.90 Å². The van der Waals surface area contributed by atoms with Gasteiger partial charge in [0.2, 0.25) is 0 Å². The van der Waals surface area contributed by atoms with Crippen LogP contribution in [0.15, 0.2) is 12.1 Å². The topological polar surface area (TPSA) is 96.0 Å². The number of ether oxygens (including phenoxy) is 1. The number of carbonyl (C=O) groups excluding carboxylic acids is 1. The fraction of sp³-hybridized carbons (Fsp3) is 0.611. The number of anilines is 1. The number of benzene rings is 1. The van der Waals surface area contributed by atoms with Gasteiger partial charge in [-0.15, -0.1) is 0 Å². The number of carbonyl (C=O) groups is 1. The van der Waals surface area contributed by atoms with E-state index >= 15 is 0 Å². The van der Waals surface area contributed by atoms with Gasteiger partial charge in [-0.1, -0.05) is 0 Å². The standard InChI is InChI=1S/C18H25F3N2O4/c1-17(2,3)27-16(26)23(13-5-4-6-14(13)24)9-10-7-11(18(19,20)21)15(25)12(22)8-10/h7-8,13-14,24-25H,4-6,9,22H2,1-3H3/t13-,14-/m1/s1. The highest BCUT2D eigenvalue weighted by Crippen LogP contribution is 2.40. The molecule has 0 radical (unpaired) electrons. The second-order valence-electron chi connectivity index (χ2n) is 7.75. The van der Waals surface area contributed by atoms with Crippen molar-refractivity contribution in [2.45, 2.75) is 70.5 Å². The monoisotopic (exact) mass is 390 g/mol. The molecule has 9 heteroatoms.